The summed E-state index contributed by atoms with van der Waals surface area (Å²) < 4.78 is 1.42. The van der Waals surface area contributed by atoms with Crippen LogP contribution in [0.15, 0.2) is 58.1 Å². The van der Waals surface area contributed by atoms with Crippen LogP contribution in [0.3, 0.4) is 0 Å². The number of para-hydroxylation sites is 1. The summed E-state index contributed by atoms with van der Waals surface area (Å²) in [6.07, 6.45) is 1.61. The molecule has 8 nitrogen and oxygen atoms in total. The number of hydrogen-bond acceptors (Lipinski definition) is 5. The first-order valence-electron chi connectivity index (χ1n) is 11.0. The van der Waals surface area contributed by atoms with Crippen LogP contribution < -0.4 is 16.6 Å². The van der Waals surface area contributed by atoms with Crippen molar-refractivity contribution in [3.63, 3.8) is 0 Å². The van der Waals surface area contributed by atoms with Crippen LogP contribution in [0.5, 0.6) is 0 Å². The number of benzene rings is 2. The molecule has 1 saturated heterocycles. The smallest absolute Gasteiger partial charge is 0.328 e. The van der Waals surface area contributed by atoms with Crippen LogP contribution in [0.25, 0.3) is 10.9 Å². The normalized spacial score (nSPS) is 15.2. The first kappa shape index (κ1) is 22.0. The minimum Gasteiger partial charge on any atom is -0.393 e. The molecule has 0 bridgehead atoms. The number of carbonyl (C=O) groups is 1. The molecular weight excluding hydrogens is 408 g/mol. The summed E-state index contributed by atoms with van der Waals surface area (Å²) in [7, 11) is 0. The van der Waals surface area contributed by atoms with E-state index in [2.05, 4.69) is 27.3 Å². The standard InChI is InChI=1S/C24H28N4O4/c29-19-9-12-27(13-10-19)16-18-7-5-17(6-8-18)15-25-22(30)11-14-28-21-4-2-1-3-20(21)23(31)26-24(28)32/h1-8,19,29H,9-16H2,(H,25,30)(H,26,31,32). The topological polar surface area (TPSA) is 107 Å². The fourth-order valence-electron chi connectivity index (χ4n) is 4.06. The molecule has 4 rings (SSSR count). The van der Waals surface area contributed by atoms with Crippen molar-refractivity contribution in [3.8, 4) is 0 Å². The maximum Gasteiger partial charge on any atom is 0.328 e. The second kappa shape index (κ2) is 9.93. The van der Waals surface area contributed by atoms with Crippen molar-refractivity contribution >= 4 is 16.8 Å². The molecule has 2 aromatic carbocycles. The van der Waals surface area contributed by atoms with Gasteiger partial charge in [-0.2, -0.15) is 0 Å². The third-order valence-electron chi connectivity index (χ3n) is 5.94. The summed E-state index contributed by atoms with van der Waals surface area (Å²) in [5.74, 6) is -0.164. The second-order valence-electron chi connectivity index (χ2n) is 8.28. The first-order chi connectivity index (χ1) is 15.5. The Kier molecular flexibility index (Phi) is 6.82. The Morgan fingerprint density at radius 2 is 1.72 bits per heavy atom. The van der Waals surface area contributed by atoms with Crippen molar-refractivity contribution in [1.82, 2.24) is 19.8 Å². The van der Waals surface area contributed by atoms with Gasteiger partial charge in [-0.25, -0.2) is 4.79 Å². The first-order valence-corrected chi connectivity index (χ1v) is 11.0. The van der Waals surface area contributed by atoms with E-state index in [-0.39, 0.29) is 25.0 Å². The molecule has 3 aromatic rings. The average Bonchev–Trinajstić information content (AvgIpc) is 2.80. The maximum atomic E-state index is 12.3. The van der Waals surface area contributed by atoms with E-state index in [0.717, 1.165) is 38.0 Å². The number of nitrogens with one attached hydrogen (secondary N) is 2. The molecule has 0 aliphatic carbocycles. The number of H-pyrrole nitrogens is 1. The average molecular weight is 437 g/mol. The number of aromatic amines is 1. The van der Waals surface area contributed by atoms with E-state index in [1.165, 1.54) is 10.1 Å². The minimum atomic E-state index is -0.514. The lowest BCUT2D eigenvalue weighted by molar-refractivity contribution is -0.121. The van der Waals surface area contributed by atoms with E-state index >= 15 is 0 Å². The van der Waals surface area contributed by atoms with Crippen molar-refractivity contribution < 1.29 is 9.90 Å². The van der Waals surface area contributed by atoms with E-state index in [9.17, 15) is 19.5 Å². The second-order valence-corrected chi connectivity index (χ2v) is 8.28. The molecule has 8 heteroatoms. The number of aryl methyl sites for hydroxylation is 1. The molecule has 0 saturated carbocycles. The highest BCUT2D eigenvalue weighted by Gasteiger charge is 2.16. The van der Waals surface area contributed by atoms with Gasteiger partial charge in [0, 0.05) is 39.1 Å². The zero-order valence-electron chi connectivity index (χ0n) is 17.9. The van der Waals surface area contributed by atoms with Crippen molar-refractivity contribution in [2.75, 3.05) is 13.1 Å². The zero-order chi connectivity index (χ0) is 22.5. The molecule has 0 unspecified atom stereocenters. The number of carbonyl (C=O) groups excluding carboxylic acids is 1. The highest BCUT2D eigenvalue weighted by Crippen LogP contribution is 2.14. The highest BCUT2D eigenvalue weighted by molar-refractivity contribution is 5.78. The van der Waals surface area contributed by atoms with Gasteiger partial charge in [-0.1, -0.05) is 36.4 Å². The van der Waals surface area contributed by atoms with Gasteiger partial charge in [0.2, 0.25) is 5.91 Å². The lowest BCUT2D eigenvalue weighted by atomic mass is 10.1. The molecule has 168 valence electrons. The predicted molar refractivity (Wildman–Crippen MR) is 122 cm³/mol. The zero-order valence-corrected chi connectivity index (χ0v) is 17.9. The molecule has 3 N–H and O–H groups in total. The Morgan fingerprint density at radius 1 is 1.03 bits per heavy atom. The number of aromatic nitrogens is 2. The summed E-state index contributed by atoms with van der Waals surface area (Å²) >= 11 is 0. The Morgan fingerprint density at radius 3 is 2.47 bits per heavy atom. The maximum absolute atomic E-state index is 12.3. The van der Waals surface area contributed by atoms with Gasteiger partial charge < -0.3 is 10.4 Å². The van der Waals surface area contributed by atoms with Crippen LogP contribution in [0.2, 0.25) is 0 Å². The number of amides is 1. The Bertz CT molecular complexity index is 1190. The van der Waals surface area contributed by atoms with E-state index in [4.69, 9.17) is 0 Å². The third-order valence-corrected chi connectivity index (χ3v) is 5.94. The number of nitrogens with zero attached hydrogens (tertiary/aromatic N) is 2. The fourth-order valence-corrected chi connectivity index (χ4v) is 4.06. The van der Waals surface area contributed by atoms with Crippen LogP contribution in [-0.2, 0) is 24.4 Å². The molecular formula is C24H28N4O4. The number of piperidine rings is 1. The molecule has 1 aromatic heterocycles. The van der Waals surface area contributed by atoms with Crippen LogP contribution in [0.1, 0.15) is 30.4 Å². The number of aliphatic hydroxyl groups is 1. The van der Waals surface area contributed by atoms with Crippen molar-refractivity contribution in [2.45, 2.75) is 45.0 Å². The molecule has 1 amide bonds. The van der Waals surface area contributed by atoms with Gasteiger partial charge in [-0.15, -0.1) is 0 Å². The van der Waals surface area contributed by atoms with E-state index in [1.807, 2.05) is 12.1 Å². The van der Waals surface area contributed by atoms with E-state index in [1.54, 1.807) is 24.3 Å². The van der Waals surface area contributed by atoms with Crippen LogP contribution in [-0.4, -0.2) is 44.7 Å². The van der Waals surface area contributed by atoms with Gasteiger partial charge in [-0.3, -0.25) is 24.0 Å². The Balaban J connectivity index is 1.29. The summed E-state index contributed by atoms with van der Waals surface area (Å²) in [6.45, 7) is 3.28. The summed E-state index contributed by atoms with van der Waals surface area (Å²) in [4.78, 5) is 41.1. The summed E-state index contributed by atoms with van der Waals surface area (Å²) in [5.41, 5.74) is 1.80. The van der Waals surface area contributed by atoms with Gasteiger partial charge in [-0.05, 0) is 36.1 Å². The monoisotopic (exact) mass is 436 g/mol. The predicted octanol–water partition coefficient (Wildman–Crippen LogP) is 1.35. The van der Waals surface area contributed by atoms with E-state index in [0.29, 0.717) is 17.4 Å². The van der Waals surface area contributed by atoms with Crippen LogP contribution in [0, 0.1) is 0 Å². The molecule has 32 heavy (non-hydrogen) atoms. The third kappa shape index (κ3) is 5.33. The lowest BCUT2D eigenvalue weighted by Gasteiger charge is -2.29. The summed E-state index contributed by atoms with van der Waals surface area (Å²) in [6, 6.07) is 15.0. The SMILES string of the molecule is O=C(CCn1c(=O)[nH]c(=O)c2ccccc21)NCc1ccc(CN2CCC(O)CC2)cc1. The molecule has 0 atom stereocenters. The van der Waals surface area contributed by atoms with Crippen molar-refractivity contribution in [2.24, 2.45) is 0 Å². The molecule has 1 aliphatic heterocycles. The number of hydrogen-bond donors (Lipinski definition) is 3. The fraction of sp³-hybridized carbons (Fsp3) is 0.375. The van der Waals surface area contributed by atoms with Crippen LogP contribution >= 0.6 is 0 Å². The van der Waals surface area contributed by atoms with Gasteiger partial charge in [0.25, 0.3) is 5.56 Å². The highest BCUT2D eigenvalue weighted by atomic mass is 16.3. The van der Waals surface area contributed by atoms with Crippen molar-refractivity contribution in [3.05, 3.63) is 80.5 Å². The molecule has 1 fully saturated rings. The van der Waals surface area contributed by atoms with Crippen LogP contribution in [0.4, 0.5) is 0 Å². The lowest BCUT2D eigenvalue weighted by Crippen LogP contribution is -2.35. The summed E-state index contributed by atoms with van der Waals surface area (Å²) in [5, 5.41) is 12.9. The number of likely N-dealkylation sites (tertiary alicyclic amines) is 1. The number of rotatable bonds is 7. The quantitative estimate of drug-likeness (QED) is 0.518. The minimum absolute atomic E-state index is 0.134. The molecule has 0 radical (unpaired) electrons. The Hall–Kier alpha value is -3.23. The van der Waals surface area contributed by atoms with E-state index < -0.39 is 11.2 Å². The Labute approximate surface area is 185 Å². The number of fused-ring (bicyclic) bond motifs is 1. The van der Waals surface area contributed by atoms with Gasteiger partial charge in [0.15, 0.2) is 0 Å². The molecule has 2 heterocycles. The van der Waals surface area contributed by atoms with Crippen molar-refractivity contribution in [1.29, 1.82) is 0 Å². The largest absolute Gasteiger partial charge is 0.393 e. The van der Waals surface area contributed by atoms with Gasteiger partial charge >= 0.3 is 5.69 Å². The van der Waals surface area contributed by atoms with Gasteiger partial charge in [0.05, 0.1) is 17.0 Å². The number of aliphatic hydroxyl groups excluding tert-OH is 1. The molecule has 1 aliphatic rings. The van der Waals surface area contributed by atoms with Gasteiger partial charge in [0.1, 0.15) is 0 Å². The molecule has 0 spiro atoms.